The Morgan fingerprint density at radius 2 is 2.14 bits per heavy atom. The number of benzene rings is 1. The zero-order valence-electron chi connectivity index (χ0n) is 16.5. The molecule has 0 saturated carbocycles. The molecule has 0 saturated heterocycles. The van der Waals surface area contributed by atoms with Crippen molar-refractivity contribution in [1.29, 1.82) is 0 Å². The zero-order valence-corrected chi connectivity index (χ0v) is 18.1. The minimum atomic E-state index is -0.423. The van der Waals surface area contributed by atoms with Crippen LogP contribution in [0.4, 0.5) is 0 Å². The molecule has 154 valence electrons. The minimum absolute atomic E-state index is 0.139. The van der Waals surface area contributed by atoms with Gasteiger partial charge in [-0.3, -0.25) is 9.69 Å². The maximum absolute atomic E-state index is 12.8. The van der Waals surface area contributed by atoms with Gasteiger partial charge in [0.25, 0.3) is 5.56 Å². The van der Waals surface area contributed by atoms with E-state index in [1.54, 1.807) is 0 Å². The molecule has 0 aliphatic heterocycles. The number of nitrogens with zero attached hydrogens (tertiary/aromatic N) is 2. The molecule has 1 atom stereocenters. The predicted molar refractivity (Wildman–Crippen MR) is 122 cm³/mol. The number of rotatable bonds is 10. The van der Waals surface area contributed by atoms with E-state index in [0.717, 1.165) is 35.3 Å². The molecule has 0 fully saturated rings. The van der Waals surface area contributed by atoms with Gasteiger partial charge in [-0.05, 0) is 43.5 Å². The van der Waals surface area contributed by atoms with Crippen LogP contribution in [0.2, 0.25) is 5.02 Å². The number of aliphatic hydroxyl groups excluding tert-OH is 1. The average molecular weight is 432 g/mol. The largest absolute Gasteiger partial charge is 0.392 e. The van der Waals surface area contributed by atoms with E-state index in [-0.39, 0.29) is 5.56 Å². The number of hydrogen-bond donors (Lipinski definition) is 2. The van der Waals surface area contributed by atoms with Crippen LogP contribution in [-0.2, 0) is 6.54 Å². The van der Waals surface area contributed by atoms with Crippen LogP contribution in [0, 0.1) is 0 Å². The van der Waals surface area contributed by atoms with Crippen LogP contribution in [0.3, 0.4) is 0 Å². The summed E-state index contributed by atoms with van der Waals surface area (Å²) in [5, 5.41) is 13.5. The van der Waals surface area contributed by atoms with Gasteiger partial charge in [-0.2, -0.15) is 0 Å². The fraction of sp³-hybridized carbons (Fsp3) is 0.364. The Bertz CT molecular complexity index is 1010. The number of H-pyrrole nitrogens is 1. The maximum atomic E-state index is 12.8. The summed E-state index contributed by atoms with van der Waals surface area (Å²) in [7, 11) is 0. The number of aromatic nitrogens is 2. The molecule has 1 aromatic carbocycles. The van der Waals surface area contributed by atoms with Crippen molar-refractivity contribution in [1.82, 2.24) is 14.9 Å². The first kappa shape index (κ1) is 21.7. The predicted octanol–water partition coefficient (Wildman–Crippen LogP) is 4.84. The van der Waals surface area contributed by atoms with Gasteiger partial charge < -0.3 is 10.1 Å². The number of aliphatic hydroxyl groups is 1. The summed E-state index contributed by atoms with van der Waals surface area (Å²) in [5.74, 6) is 0.622. The van der Waals surface area contributed by atoms with E-state index in [2.05, 4.69) is 28.4 Å². The van der Waals surface area contributed by atoms with Crippen molar-refractivity contribution in [3.63, 3.8) is 0 Å². The highest BCUT2D eigenvalue weighted by Gasteiger charge is 2.16. The highest BCUT2D eigenvalue weighted by atomic mass is 35.5. The van der Waals surface area contributed by atoms with Crippen LogP contribution >= 0.6 is 22.9 Å². The van der Waals surface area contributed by atoms with Crippen molar-refractivity contribution in [2.24, 2.45) is 0 Å². The third kappa shape index (κ3) is 5.54. The highest BCUT2D eigenvalue weighted by molar-refractivity contribution is 7.17. The van der Waals surface area contributed by atoms with Crippen molar-refractivity contribution in [2.75, 3.05) is 13.1 Å². The van der Waals surface area contributed by atoms with Crippen molar-refractivity contribution in [3.05, 3.63) is 63.5 Å². The Hall–Kier alpha value is -1.99. The summed E-state index contributed by atoms with van der Waals surface area (Å²) in [4.78, 5) is 23.3. The summed E-state index contributed by atoms with van der Waals surface area (Å²) in [6, 6.07) is 7.45. The third-order valence-electron chi connectivity index (χ3n) is 4.73. The molecule has 0 amide bonds. The molecule has 3 aromatic rings. The van der Waals surface area contributed by atoms with Gasteiger partial charge in [-0.15, -0.1) is 17.9 Å². The van der Waals surface area contributed by atoms with Crippen LogP contribution in [-0.4, -0.2) is 39.2 Å². The van der Waals surface area contributed by atoms with Crippen LogP contribution in [0.5, 0.6) is 0 Å². The summed E-state index contributed by atoms with van der Waals surface area (Å²) in [5.41, 5.74) is 1.67. The summed E-state index contributed by atoms with van der Waals surface area (Å²) >= 11 is 7.44. The lowest BCUT2D eigenvalue weighted by atomic mass is 10.1. The highest BCUT2D eigenvalue weighted by Crippen LogP contribution is 2.31. The van der Waals surface area contributed by atoms with E-state index in [1.807, 2.05) is 35.7 Å². The number of allylic oxidation sites excluding steroid dienone is 1. The minimum Gasteiger partial charge on any atom is -0.392 e. The Kier molecular flexibility index (Phi) is 7.61. The maximum Gasteiger partial charge on any atom is 0.260 e. The fourth-order valence-corrected chi connectivity index (χ4v) is 4.47. The van der Waals surface area contributed by atoms with Gasteiger partial charge in [0, 0.05) is 22.5 Å². The van der Waals surface area contributed by atoms with E-state index in [4.69, 9.17) is 11.6 Å². The third-order valence-corrected chi connectivity index (χ3v) is 5.86. The normalized spacial score (nSPS) is 12.6. The van der Waals surface area contributed by atoms with Crippen molar-refractivity contribution in [2.45, 2.75) is 38.8 Å². The first-order valence-corrected chi connectivity index (χ1v) is 11.0. The van der Waals surface area contributed by atoms with Crippen molar-refractivity contribution < 1.29 is 5.11 Å². The molecule has 2 aromatic heterocycles. The molecule has 0 radical (unpaired) electrons. The molecule has 2 heterocycles. The van der Waals surface area contributed by atoms with Gasteiger partial charge in [0.1, 0.15) is 10.7 Å². The molecule has 3 rings (SSSR count). The number of nitrogens with one attached hydrogen (secondary N) is 1. The molecular formula is C22H26ClN3O2S. The van der Waals surface area contributed by atoms with Gasteiger partial charge in [0.15, 0.2) is 0 Å². The van der Waals surface area contributed by atoms with Gasteiger partial charge in [0.05, 0.1) is 18.0 Å². The number of thiophene rings is 1. The SMILES string of the molecule is C=CCC[C@@H](O)CN(CCC)Cc1nc2scc(-c3ccc(Cl)cc3)c2c(=O)[nH]1. The van der Waals surface area contributed by atoms with E-state index in [0.29, 0.717) is 35.7 Å². The lowest BCUT2D eigenvalue weighted by Crippen LogP contribution is -2.33. The van der Waals surface area contributed by atoms with E-state index < -0.39 is 6.10 Å². The first-order valence-electron chi connectivity index (χ1n) is 9.79. The Labute approximate surface area is 179 Å². The second-order valence-electron chi connectivity index (χ2n) is 7.10. The summed E-state index contributed by atoms with van der Waals surface area (Å²) < 4.78 is 0. The number of aromatic amines is 1. The fourth-order valence-electron chi connectivity index (χ4n) is 3.37. The molecule has 0 aliphatic rings. The molecule has 0 bridgehead atoms. The zero-order chi connectivity index (χ0) is 20.8. The van der Waals surface area contributed by atoms with E-state index in [1.165, 1.54) is 11.3 Å². The van der Waals surface area contributed by atoms with Crippen molar-refractivity contribution >= 4 is 33.2 Å². The average Bonchev–Trinajstić information content (AvgIpc) is 3.11. The standard InChI is InChI=1S/C22H26ClN3O2S/c1-3-5-6-17(27)12-26(11-4-2)13-19-24-21(28)20-18(14-29-22(20)25-19)15-7-9-16(23)10-8-15/h3,7-10,14,17,27H,1,4-6,11-13H2,2H3,(H,24,25,28)/t17-/m1/s1. The number of fused-ring (bicyclic) bond motifs is 1. The molecule has 0 spiro atoms. The van der Waals surface area contributed by atoms with Crippen LogP contribution in [0.15, 0.2) is 47.1 Å². The number of hydrogen-bond acceptors (Lipinski definition) is 5. The van der Waals surface area contributed by atoms with Gasteiger partial charge >= 0.3 is 0 Å². The van der Waals surface area contributed by atoms with Crippen molar-refractivity contribution in [3.8, 4) is 11.1 Å². The molecule has 5 nitrogen and oxygen atoms in total. The molecule has 2 N–H and O–H groups in total. The van der Waals surface area contributed by atoms with Crippen LogP contribution in [0.1, 0.15) is 32.0 Å². The Balaban J connectivity index is 1.84. The number of halogens is 1. The van der Waals surface area contributed by atoms with E-state index >= 15 is 0 Å². The van der Waals surface area contributed by atoms with Gasteiger partial charge in [0.2, 0.25) is 0 Å². The van der Waals surface area contributed by atoms with Crippen LogP contribution < -0.4 is 5.56 Å². The monoisotopic (exact) mass is 431 g/mol. The second-order valence-corrected chi connectivity index (χ2v) is 8.40. The molecule has 0 unspecified atom stereocenters. The Morgan fingerprint density at radius 3 is 2.83 bits per heavy atom. The topological polar surface area (TPSA) is 69.2 Å². The van der Waals surface area contributed by atoms with Gasteiger partial charge in [-0.1, -0.05) is 36.7 Å². The quantitative estimate of drug-likeness (QED) is 0.450. The molecule has 7 heteroatoms. The second kappa shape index (κ2) is 10.2. The Morgan fingerprint density at radius 1 is 1.38 bits per heavy atom. The lowest BCUT2D eigenvalue weighted by Gasteiger charge is -2.24. The van der Waals surface area contributed by atoms with Crippen LogP contribution in [0.25, 0.3) is 21.3 Å². The van der Waals surface area contributed by atoms with E-state index in [9.17, 15) is 9.90 Å². The summed E-state index contributed by atoms with van der Waals surface area (Å²) in [6.07, 6.45) is 3.82. The first-order chi connectivity index (χ1) is 14.0. The summed E-state index contributed by atoms with van der Waals surface area (Å²) in [6.45, 7) is 7.67. The molecule has 29 heavy (non-hydrogen) atoms. The van der Waals surface area contributed by atoms with Gasteiger partial charge in [-0.25, -0.2) is 4.98 Å². The molecule has 0 aliphatic carbocycles. The lowest BCUT2D eigenvalue weighted by molar-refractivity contribution is 0.101. The smallest absolute Gasteiger partial charge is 0.260 e. The molecular weight excluding hydrogens is 406 g/mol.